The summed E-state index contributed by atoms with van der Waals surface area (Å²) in [7, 11) is 0. The van der Waals surface area contributed by atoms with Gasteiger partial charge in [0.15, 0.2) is 0 Å². The molecule has 1 nitrogen and oxygen atoms in total. The van der Waals surface area contributed by atoms with Crippen molar-refractivity contribution < 1.29 is 0 Å². The van der Waals surface area contributed by atoms with Crippen molar-refractivity contribution in [2.75, 3.05) is 6.54 Å². The lowest BCUT2D eigenvalue weighted by atomic mass is 9.83. The Morgan fingerprint density at radius 3 is 2.54 bits per heavy atom. The van der Waals surface area contributed by atoms with Gasteiger partial charge in [-0.3, -0.25) is 0 Å². The maximum absolute atomic E-state index is 3.78. The summed E-state index contributed by atoms with van der Waals surface area (Å²) >= 11 is 0. The van der Waals surface area contributed by atoms with E-state index in [4.69, 9.17) is 0 Å². The SMILES string of the molecule is CCC1CCCCC1NCC1CC1. The first-order valence-electron chi connectivity index (χ1n) is 6.13. The first kappa shape index (κ1) is 9.51. The van der Waals surface area contributed by atoms with Gasteiger partial charge in [-0.05, 0) is 44.1 Å². The summed E-state index contributed by atoms with van der Waals surface area (Å²) in [4.78, 5) is 0. The third-order valence-electron chi connectivity index (χ3n) is 3.80. The first-order valence-corrected chi connectivity index (χ1v) is 6.13. The molecule has 2 aliphatic rings. The van der Waals surface area contributed by atoms with E-state index in [9.17, 15) is 0 Å². The van der Waals surface area contributed by atoms with Crippen LogP contribution in [-0.2, 0) is 0 Å². The molecule has 0 bridgehead atoms. The van der Waals surface area contributed by atoms with Crippen molar-refractivity contribution in [2.24, 2.45) is 11.8 Å². The summed E-state index contributed by atoms with van der Waals surface area (Å²) in [5.41, 5.74) is 0. The fourth-order valence-corrected chi connectivity index (χ4v) is 2.61. The van der Waals surface area contributed by atoms with Crippen molar-refractivity contribution >= 4 is 0 Å². The predicted molar refractivity (Wildman–Crippen MR) is 56.8 cm³/mol. The summed E-state index contributed by atoms with van der Waals surface area (Å²) in [5, 5.41) is 3.78. The molecular formula is C12H23N. The zero-order chi connectivity index (χ0) is 9.10. The van der Waals surface area contributed by atoms with Crippen molar-refractivity contribution in [3.05, 3.63) is 0 Å². The monoisotopic (exact) mass is 181 g/mol. The zero-order valence-electron chi connectivity index (χ0n) is 8.89. The average Bonchev–Trinajstić information content (AvgIpc) is 2.99. The molecule has 2 fully saturated rings. The Morgan fingerprint density at radius 2 is 1.85 bits per heavy atom. The highest BCUT2D eigenvalue weighted by Crippen LogP contribution is 2.30. The minimum Gasteiger partial charge on any atom is -0.313 e. The van der Waals surface area contributed by atoms with Crippen molar-refractivity contribution in [1.29, 1.82) is 0 Å². The normalized spacial score (nSPS) is 34.8. The molecule has 2 atom stereocenters. The molecule has 13 heavy (non-hydrogen) atoms. The van der Waals surface area contributed by atoms with Crippen LogP contribution >= 0.6 is 0 Å². The Bertz CT molecular complexity index is 151. The molecule has 2 saturated carbocycles. The van der Waals surface area contributed by atoms with Gasteiger partial charge in [-0.25, -0.2) is 0 Å². The number of hydrogen-bond donors (Lipinski definition) is 1. The highest BCUT2D eigenvalue weighted by Gasteiger charge is 2.26. The summed E-state index contributed by atoms with van der Waals surface area (Å²) < 4.78 is 0. The Morgan fingerprint density at radius 1 is 1.08 bits per heavy atom. The second kappa shape index (κ2) is 4.45. The molecule has 0 saturated heterocycles. The Hall–Kier alpha value is -0.0400. The summed E-state index contributed by atoms with van der Waals surface area (Å²) in [6.07, 6.45) is 10.2. The lowest BCUT2D eigenvalue weighted by Gasteiger charge is -2.31. The molecule has 1 N–H and O–H groups in total. The molecule has 0 amide bonds. The average molecular weight is 181 g/mol. The van der Waals surface area contributed by atoms with Gasteiger partial charge in [0.2, 0.25) is 0 Å². The van der Waals surface area contributed by atoms with Crippen LogP contribution in [0.5, 0.6) is 0 Å². The maximum atomic E-state index is 3.78. The smallest absolute Gasteiger partial charge is 0.00953 e. The van der Waals surface area contributed by atoms with Crippen LogP contribution in [0.1, 0.15) is 51.9 Å². The third-order valence-corrected chi connectivity index (χ3v) is 3.80. The van der Waals surface area contributed by atoms with Crippen molar-refractivity contribution in [1.82, 2.24) is 5.32 Å². The van der Waals surface area contributed by atoms with Gasteiger partial charge in [0.1, 0.15) is 0 Å². The van der Waals surface area contributed by atoms with E-state index in [0.29, 0.717) is 0 Å². The lowest BCUT2D eigenvalue weighted by molar-refractivity contribution is 0.254. The van der Waals surface area contributed by atoms with E-state index in [1.165, 1.54) is 51.5 Å². The number of hydrogen-bond acceptors (Lipinski definition) is 1. The maximum Gasteiger partial charge on any atom is 0.00953 e. The van der Waals surface area contributed by atoms with Crippen molar-refractivity contribution in [3.63, 3.8) is 0 Å². The van der Waals surface area contributed by atoms with E-state index < -0.39 is 0 Å². The minimum atomic E-state index is 0.861. The molecule has 0 aromatic heterocycles. The van der Waals surface area contributed by atoms with Gasteiger partial charge < -0.3 is 5.32 Å². The van der Waals surface area contributed by atoms with Crippen LogP contribution in [0.2, 0.25) is 0 Å². The number of rotatable bonds is 4. The molecule has 0 heterocycles. The predicted octanol–water partition coefficient (Wildman–Crippen LogP) is 2.95. The second-order valence-corrected chi connectivity index (χ2v) is 4.91. The highest BCUT2D eigenvalue weighted by atomic mass is 14.9. The van der Waals surface area contributed by atoms with E-state index >= 15 is 0 Å². The van der Waals surface area contributed by atoms with Crippen LogP contribution in [0.3, 0.4) is 0 Å². The first-order chi connectivity index (χ1) is 6.40. The second-order valence-electron chi connectivity index (χ2n) is 4.91. The van der Waals surface area contributed by atoms with Crippen LogP contribution in [-0.4, -0.2) is 12.6 Å². The standard InChI is InChI=1S/C12H23N/c1-2-11-5-3-4-6-12(11)13-9-10-7-8-10/h10-13H,2-9H2,1H3. The highest BCUT2D eigenvalue weighted by molar-refractivity contribution is 4.83. The minimum absolute atomic E-state index is 0.861. The lowest BCUT2D eigenvalue weighted by Crippen LogP contribution is -2.39. The van der Waals surface area contributed by atoms with Crippen LogP contribution in [0.15, 0.2) is 0 Å². The van der Waals surface area contributed by atoms with Gasteiger partial charge in [-0.1, -0.05) is 26.2 Å². The van der Waals surface area contributed by atoms with Crippen LogP contribution < -0.4 is 5.32 Å². The summed E-state index contributed by atoms with van der Waals surface area (Å²) in [5.74, 6) is 2.02. The molecule has 76 valence electrons. The van der Waals surface area contributed by atoms with Crippen LogP contribution in [0.4, 0.5) is 0 Å². The van der Waals surface area contributed by atoms with Gasteiger partial charge >= 0.3 is 0 Å². The molecule has 0 aromatic carbocycles. The summed E-state index contributed by atoms with van der Waals surface area (Å²) in [6.45, 7) is 3.66. The quantitative estimate of drug-likeness (QED) is 0.703. The van der Waals surface area contributed by atoms with Gasteiger partial charge in [-0.15, -0.1) is 0 Å². The Kier molecular flexibility index (Phi) is 3.26. The van der Waals surface area contributed by atoms with Crippen molar-refractivity contribution in [3.8, 4) is 0 Å². The molecule has 0 radical (unpaired) electrons. The van der Waals surface area contributed by atoms with E-state index in [1.54, 1.807) is 0 Å². The Labute approximate surface area is 82.3 Å². The van der Waals surface area contributed by atoms with Gasteiger partial charge in [0.25, 0.3) is 0 Å². The van der Waals surface area contributed by atoms with Crippen LogP contribution in [0, 0.1) is 11.8 Å². The largest absolute Gasteiger partial charge is 0.313 e. The van der Waals surface area contributed by atoms with E-state index in [-0.39, 0.29) is 0 Å². The molecule has 1 heteroatoms. The topological polar surface area (TPSA) is 12.0 Å². The van der Waals surface area contributed by atoms with E-state index in [2.05, 4.69) is 12.2 Å². The molecular weight excluding hydrogens is 158 g/mol. The van der Waals surface area contributed by atoms with Gasteiger partial charge in [0.05, 0.1) is 0 Å². The van der Waals surface area contributed by atoms with Gasteiger partial charge in [-0.2, -0.15) is 0 Å². The summed E-state index contributed by atoms with van der Waals surface area (Å²) in [6, 6.07) is 0.861. The molecule has 0 aliphatic heterocycles. The van der Waals surface area contributed by atoms with E-state index in [0.717, 1.165) is 17.9 Å². The molecule has 0 spiro atoms. The third kappa shape index (κ3) is 2.70. The fourth-order valence-electron chi connectivity index (χ4n) is 2.61. The van der Waals surface area contributed by atoms with Crippen LogP contribution in [0.25, 0.3) is 0 Å². The zero-order valence-corrected chi connectivity index (χ0v) is 8.89. The molecule has 2 unspecified atom stereocenters. The Balaban J connectivity index is 1.72. The molecule has 0 aromatic rings. The molecule has 2 rings (SSSR count). The fraction of sp³-hybridized carbons (Fsp3) is 1.00. The van der Waals surface area contributed by atoms with Crippen molar-refractivity contribution in [2.45, 2.75) is 57.9 Å². The van der Waals surface area contributed by atoms with Gasteiger partial charge in [0, 0.05) is 6.04 Å². The van der Waals surface area contributed by atoms with E-state index in [1.807, 2.05) is 0 Å². The molecule has 2 aliphatic carbocycles. The number of nitrogens with one attached hydrogen (secondary N) is 1.